The molecule has 2 aromatic heterocycles. The van der Waals surface area contributed by atoms with Gasteiger partial charge in [-0.05, 0) is 29.2 Å². The molecule has 0 atom stereocenters. The Morgan fingerprint density at radius 2 is 1.64 bits per heavy atom. The highest BCUT2D eigenvalue weighted by atomic mass is 15.1. The number of pyridine rings is 1. The number of hydrogen-bond donors (Lipinski definition) is 0. The molecule has 0 saturated carbocycles. The van der Waals surface area contributed by atoms with Crippen molar-refractivity contribution >= 4 is 0 Å². The third kappa shape index (κ3) is 5.19. The van der Waals surface area contributed by atoms with Crippen LogP contribution in [0, 0.1) is 5.92 Å². The molecule has 0 spiro atoms. The fourth-order valence-corrected chi connectivity index (χ4v) is 2.93. The molecule has 0 radical (unpaired) electrons. The third-order valence-electron chi connectivity index (χ3n) is 3.99. The Kier molecular flexibility index (Phi) is 5.86. The van der Waals surface area contributed by atoms with Gasteiger partial charge in [-0.3, -0.25) is 9.88 Å². The zero-order valence-corrected chi connectivity index (χ0v) is 14.8. The first-order valence-electron chi connectivity index (χ1n) is 8.67. The fraction of sp³-hybridized carbons (Fsp3) is 0.286. The van der Waals surface area contributed by atoms with Crippen molar-refractivity contribution in [3.8, 4) is 11.1 Å². The van der Waals surface area contributed by atoms with Gasteiger partial charge in [-0.1, -0.05) is 44.2 Å². The highest BCUT2D eigenvalue weighted by Crippen LogP contribution is 2.19. The summed E-state index contributed by atoms with van der Waals surface area (Å²) in [4.78, 5) is 15.1. The molecule has 0 aliphatic carbocycles. The first-order chi connectivity index (χ1) is 12.2. The quantitative estimate of drug-likeness (QED) is 0.650. The summed E-state index contributed by atoms with van der Waals surface area (Å²) in [6, 6.07) is 14.8. The van der Waals surface area contributed by atoms with Crippen LogP contribution in [0.5, 0.6) is 0 Å². The average Bonchev–Trinajstić information content (AvgIpc) is 2.63. The van der Waals surface area contributed by atoms with E-state index in [0.29, 0.717) is 5.92 Å². The van der Waals surface area contributed by atoms with E-state index in [4.69, 9.17) is 0 Å². The molecule has 0 N–H and O–H groups in total. The molecule has 0 amide bonds. The van der Waals surface area contributed by atoms with E-state index in [-0.39, 0.29) is 0 Å². The van der Waals surface area contributed by atoms with Gasteiger partial charge in [0, 0.05) is 43.8 Å². The summed E-state index contributed by atoms with van der Waals surface area (Å²) in [6.07, 6.45) is 7.10. The molecule has 4 heteroatoms. The Morgan fingerprint density at radius 1 is 0.880 bits per heavy atom. The van der Waals surface area contributed by atoms with Crippen molar-refractivity contribution < 1.29 is 0 Å². The highest BCUT2D eigenvalue weighted by molar-refractivity contribution is 5.61. The van der Waals surface area contributed by atoms with E-state index in [1.54, 1.807) is 6.33 Å². The topological polar surface area (TPSA) is 41.9 Å². The average molecular weight is 332 g/mol. The van der Waals surface area contributed by atoms with E-state index < -0.39 is 0 Å². The summed E-state index contributed by atoms with van der Waals surface area (Å²) < 4.78 is 0. The molecule has 3 aromatic rings. The van der Waals surface area contributed by atoms with E-state index in [0.717, 1.165) is 36.5 Å². The van der Waals surface area contributed by atoms with Crippen LogP contribution in [-0.4, -0.2) is 26.4 Å². The van der Waals surface area contributed by atoms with Gasteiger partial charge in [0.25, 0.3) is 0 Å². The predicted octanol–water partition coefficient (Wildman–Crippen LogP) is 4.20. The minimum Gasteiger partial charge on any atom is -0.293 e. The molecule has 0 saturated heterocycles. The van der Waals surface area contributed by atoms with Crippen molar-refractivity contribution in [2.75, 3.05) is 6.54 Å². The second-order valence-electron chi connectivity index (χ2n) is 6.71. The van der Waals surface area contributed by atoms with Crippen molar-refractivity contribution in [2.45, 2.75) is 26.9 Å². The highest BCUT2D eigenvalue weighted by Gasteiger charge is 2.10. The maximum Gasteiger partial charge on any atom is 0.115 e. The summed E-state index contributed by atoms with van der Waals surface area (Å²) in [5, 5.41) is 0. The van der Waals surface area contributed by atoms with E-state index in [2.05, 4.69) is 64.0 Å². The Hall–Kier alpha value is -2.59. The van der Waals surface area contributed by atoms with Gasteiger partial charge in [-0.15, -0.1) is 0 Å². The van der Waals surface area contributed by atoms with Crippen LogP contribution in [-0.2, 0) is 13.1 Å². The summed E-state index contributed by atoms with van der Waals surface area (Å²) in [7, 11) is 0. The molecule has 1 aromatic carbocycles. The molecule has 0 bridgehead atoms. The predicted molar refractivity (Wildman–Crippen MR) is 101 cm³/mol. The van der Waals surface area contributed by atoms with Gasteiger partial charge >= 0.3 is 0 Å². The summed E-state index contributed by atoms with van der Waals surface area (Å²) in [6.45, 7) is 7.34. The van der Waals surface area contributed by atoms with Gasteiger partial charge in [0.05, 0.1) is 5.69 Å². The van der Waals surface area contributed by atoms with E-state index in [9.17, 15) is 0 Å². The lowest BCUT2D eigenvalue weighted by molar-refractivity contribution is 0.225. The zero-order chi connectivity index (χ0) is 17.5. The molecule has 4 nitrogen and oxygen atoms in total. The lowest BCUT2D eigenvalue weighted by Gasteiger charge is -2.24. The number of benzene rings is 1. The van der Waals surface area contributed by atoms with Crippen LogP contribution in [0.1, 0.15) is 25.1 Å². The Labute approximate surface area is 149 Å². The fourth-order valence-electron chi connectivity index (χ4n) is 2.93. The molecule has 0 unspecified atom stereocenters. The smallest absolute Gasteiger partial charge is 0.115 e. The zero-order valence-electron chi connectivity index (χ0n) is 14.8. The number of rotatable bonds is 7. The van der Waals surface area contributed by atoms with Crippen LogP contribution in [0.25, 0.3) is 11.1 Å². The summed E-state index contributed by atoms with van der Waals surface area (Å²) in [5.41, 5.74) is 4.60. The maximum absolute atomic E-state index is 4.47. The minimum atomic E-state index is 0.615. The number of aromatic nitrogens is 3. The Bertz CT molecular complexity index is 755. The molecule has 3 rings (SSSR count). The first-order valence-corrected chi connectivity index (χ1v) is 8.67. The molecule has 0 fully saturated rings. The van der Waals surface area contributed by atoms with Gasteiger partial charge < -0.3 is 0 Å². The molecule has 0 aliphatic rings. The van der Waals surface area contributed by atoms with Crippen LogP contribution >= 0.6 is 0 Å². The molecule has 2 heterocycles. The summed E-state index contributed by atoms with van der Waals surface area (Å²) >= 11 is 0. The van der Waals surface area contributed by atoms with E-state index in [1.807, 2.05) is 30.7 Å². The van der Waals surface area contributed by atoms with Crippen molar-refractivity contribution in [3.05, 3.63) is 78.6 Å². The lowest BCUT2D eigenvalue weighted by atomic mass is 10.1. The van der Waals surface area contributed by atoms with Crippen molar-refractivity contribution in [2.24, 2.45) is 5.92 Å². The van der Waals surface area contributed by atoms with E-state index >= 15 is 0 Å². The van der Waals surface area contributed by atoms with Crippen LogP contribution in [0.15, 0.2) is 67.4 Å². The van der Waals surface area contributed by atoms with Crippen LogP contribution in [0.4, 0.5) is 0 Å². The Morgan fingerprint density at radius 3 is 2.28 bits per heavy atom. The molecular formula is C21H24N4. The van der Waals surface area contributed by atoms with Crippen LogP contribution < -0.4 is 0 Å². The summed E-state index contributed by atoms with van der Waals surface area (Å²) in [5.74, 6) is 0.615. The van der Waals surface area contributed by atoms with E-state index in [1.165, 1.54) is 5.56 Å². The van der Waals surface area contributed by atoms with Crippen LogP contribution in [0.3, 0.4) is 0 Å². The largest absolute Gasteiger partial charge is 0.293 e. The van der Waals surface area contributed by atoms with Crippen molar-refractivity contribution in [1.29, 1.82) is 0 Å². The van der Waals surface area contributed by atoms with Gasteiger partial charge in [-0.25, -0.2) is 9.97 Å². The van der Waals surface area contributed by atoms with Gasteiger partial charge in [0.15, 0.2) is 0 Å². The SMILES string of the molecule is CC(C)CN(Cc1ccc(-c2cncnc2)cc1)Cc1ccccn1. The minimum absolute atomic E-state index is 0.615. The van der Waals surface area contributed by atoms with Gasteiger partial charge in [-0.2, -0.15) is 0 Å². The first kappa shape index (κ1) is 17.2. The van der Waals surface area contributed by atoms with Gasteiger partial charge in [0.1, 0.15) is 6.33 Å². The molecular weight excluding hydrogens is 308 g/mol. The maximum atomic E-state index is 4.47. The number of hydrogen-bond acceptors (Lipinski definition) is 4. The lowest BCUT2D eigenvalue weighted by Crippen LogP contribution is -2.27. The van der Waals surface area contributed by atoms with Crippen LogP contribution in [0.2, 0.25) is 0 Å². The number of nitrogens with zero attached hydrogens (tertiary/aromatic N) is 4. The monoisotopic (exact) mass is 332 g/mol. The van der Waals surface area contributed by atoms with Gasteiger partial charge in [0.2, 0.25) is 0 Å². The standard InChI is InChI=1S/C21H24N4/c1-17(2)13-25(15-21-5-3-4-10-24-21)14-18-6-8-19(9-7-18)20-11-22-16-23-12-20/h3-12,16-17H,13-15H2,1-2H3. The Balaban J connectivity index is 1.70. The molecule has 0 aliphatic heterocycles. The molecule has 128 valence electrons. The van der Waals surface area contributed by atoms with Crippen molar-refractivity contribution in [1.82, 2.24) is 19.9 Å². The normalized spacial score (nSPS) is 11.2. The molecule has 25 heavy (non-hydrogen) atoms. The second-order valence-corrected chi connectivity index (χ2v) is 6.71. The second kappa shape index (κ2) is 8.49. The third-order valence-corrected chi connectivity index (χ3v) is 3.99. The van der Waals surface area contributed by atoms with Crippen molar-refractivity contribution in [3.63, 3.8) is 0 Å².